The molecule has 0 radical (unpaired) electrons. The summed E-state index contributed by atoms with van der Waals surface area (Å²) in [5, 5.41) is 3.22. The van der Waals surface area contributed by atoms with Crippen molar-refractivity contribution in [3.05, 3.63) is 35.9 Å². The summed E-state index contributed by atoms with van der Waals surface area (Å²) in [6.45, 7) is 7.23. The number of ether oxygens (including phenoxy) is 2. The minimum atomic E-state index is -0.168. The standard InChI is InChI=1S/C17H27NO3/c1-3-4-11-20-12-10-18-13-15(2)17(19)21-14-16-8-6-5-7-9-16/h5-9,15,18H,3-4,10-14H2,1-2H3. The van der Waals surface area contributed by atoms with E-state index in [4.69, 9.17) is 9.47 Å². The predicted molar refractivity (Wildman–Crippen MR) is 84.0 cm³/mol. The second-order valence-corrected chi connectivity index (χ2v) is 5.16. The van der Waals surface area contributed by atoms with E-state index in [9.17, 15) is 4.79 Å². The topological polar surface area (TPSA) is 47.6 Å². The molecular weight excluding hydrogens is 266 g/mol. The molecule has 4 heteroatoms. The van der Waals surface area contributed by atoms with Gasteiger partial charge in [-0.1, -0.05) is 50.6 Å². The molecule has 1 rings (SSSR count). The van der Waals surface area contributed by atoms with Gasteiger partial charge in [-0.15, -0.1) is 0 Å². The van der Waals surface area contributed by atoms with Crippen molar-refractivity contribution in [2.75, 3.05) is 26.3 Å². The van der Waals surface area contributed by atoms with Gasteiger partial charge in [-0.2, -0.15) is 0 Å². The molecule has 0 heterocycles. The number of hydrogen-bond donors (Lipinski definition) is 1. The van der Waals surface area contributed by atoms with E-state index in [0.29, 0.717) is 19.8 Å². The van der Waals surface area contributed by atoms with Gasteiger partial charge in [0.1, 0.15) is 6.61 Å². The third kappa shape index (κ3) is 8.48. The molecule has 0 aromatic heterocycles. The van der Waals surface area contributed by atoms with Crippen LogP contribution in [0.5, 0.6) is 0 Å². The smallest absolute Gasteiger partial charge is 0.310 e. The third-order valence-corrected chi connectivity index (χ3v) is 3.14. The van der Waals surface area contributed by atoms with Crippen molar-refractivity contribution in [2.45, 2.75) is 33.3 Å². The number of nitrogens with one attached hydrogen (secondary N) is 1. The molecule has 0 amide bonds. The number of benzene rings is 1. The van der Waals surface area contributed by atoms with E-state index in [1.165, 1.54) is 0 Å². The first-order valence-corrected chi connectivity index (χ1v) is 7.73. The zero-order valence-corrected chi connectivity index (χ0v) is 13.1. The van der Waals surface area contributed by atoms with Crippen LogP contribution in [0, 0.1) is 5.92 Å². The minimum absolute atomic E-state index is 0.149. The molecule has 0 saturated carbocycles. The first kappa shape index (κ1) is 17.7. The van der Waals surface area contributed by atoms with Gasteiger partial charge in [0, 0.05) is 19.7 Å². The molecule has 118 valence electrons. The highest BCUT2D eigenvalue weighted by Crippen LogP contribution is 2.04. The quantitative estimate of drug-likeness (QED) is 0.503. The fraction of sp³-hybridized carbons (Fsp3) is 0.588. The lowest BCUT2D eigenvalue weighted by Crippen LogP contribution is -2.30. The van der Waals surface area contributed by atoms with E-state index in [0.717, 1.165) is 31.6 Å². The van der Waals surface area contributed by atoms with Crippen molar-refractivity contribution in [1.29, 1.82) is 0 Å². The summed E-state index contributed by atoms with van der Waals surface area (Å²) < 4.78 is 10.7. The van der Waals surface area contributed by atoms with Crippen LogP contribution < -0.4 is 5.32 Å². The molecule has 0 saturated heterocycles. The highest BCUT2D eigenvalue weighted by Gasteiger charge is 2.13. The average molecular weight is 293 g/mol. The van der Waals surface area contributed by atoms with E-state index >= 15 is 0 Å². The fourth-order valence-corrected chi connectivity index (χ4v) is 1.77. The van der Waals surface area contributed by atoms with Gasteiger partial charge in [0.05, 0.1) is 12.5 Å². The number of unbranched alkanes of at least 4 members (excludes halogenated alkanes) is 1. The number of esters is 1. The van der Waals surface area contributed by atoms with Crippen molar-refractivity contribution < 1.29 is 14.3 Å². The maximum atomic E-state index is 11.8. The Morgan fingerprint density at radius 1 is 1.24 bits per heavy atom. The van der Waals surface area contributed by atoms with Crippen molar-refractivity contribution in [3.8, 4) is 0 Å². The molecule has 1 aromatic rings. The third-order valence-electron chi connectivity index (χ3n) is 3.14. The molecule has 0 spiro atoms. The van der Waals surface area contributed by atoms with Crippen molar-refractivity contribution in [1.82, 2.24) is 5.32 Å². The molecule has 0 aliphatic rings. The van der Waals surface area contributed by atoms with Crippen LogP contribution in [-0.2, 0) is 20.9 Å². The molecule has 1 N–H and O–H groups in total. The molecular formula is C17H27NO3. The summed E-state index contributed by atoms with van der Waals surface area (Å²) >= 11 is 0. The van der Waals surface area contributed by atoms with Crippen molar-refractivity contribution in [2.24, 2.45) is 5.92 Å². The van der Waals surface area contributed by atoms with Gasteiger partial charge in [-0.05, 0) is 12.0 Å². The Balaban J connectivity index is 2.06. The summed E-state index contributed by atoms with van der Waals surface area (Å²) in [5.41, 5.74) is 1.01. The van der Waals surface area contributed by atoms with Crippen LogP contribution in [0.1, 0.15) is 32.3 Å². The fourth-order valence-electron chi connectivity index (χ4n) is 1.77. The Hall–Kier alpha value is -1.39. The number of hydrogen-bond acceptors (Lipinski definition) is 4. The Bertz CT molecular complexity index is 381. The van der Waals surface area contributed by atoms with Crippen LogP contribution in [0.2, 0.25) is 0 Å². The highest BCUT2D eigenvalue weighted by atomic mass is 16.5. The van der Waals surface area contributed by atoms with Crippen LogP contribution in [0.3, 0.4) is 0 Å². The monoisotopic (exact) mass is 293 g/mol. The normalized spacial score (nSPS) is 12.1. The first-order valence-electron chi connectivity index (χ1n) is 7.73. The molecule has 0 bridgehead atoms. The molecule has 4 nitrogen and oxygen atoms in total. The van der Waals surface area contributed by atoms with E-state index in [1.54, 1.807) is 0 Å². The van der Waals surface area contributed by atoms with Gasteiger partial charge in [-0.25, -0.2) is 0 Å². The molecule has 1 unspecified atom stereocenters. The first-order chi connectivity index (χ1) is 10.2. The SMILES string of the molecule is CCCCOCCNCC(C)C(=O)OCc1ccccc1. The van der Waals surface area contributed by atoms with Crippen LogP contribution in [0.4, 0.5) is 0 Å². The van der Waals surface area contributed by atoms with Gasteiger partial charge in [0.2, 0.25) is 0 Å². The van der Waals surface area contributed by atoms with Crippen LogP contribution in [-0.4, -0.2) is 32.3 Å². The minimum Gasteiger partial charge on any atom is -0.461 e. The molecule has 1 atom stereocenters. The zero-order chi connectivity index (χ0) is 15.3. The van der Waals surface area contributed by atoms with Crippen LogP contribution in [0.25, 0.3) is 0 Å². The molecule has 1 aromatic carbocycles. The van der Waals surface area contributed by atoms with Crippen LogP contribution in [0.15, 0.2) is 30.3 Å². The summed E-state index contributed by atoms with van der Waals surface area (Å²) in [5.74, 6) is -0.317. The zero-order valence-electron chi connectivity index (χ0n) is 13.1. The van der Waals surface area contributed by atoms with Crippen molar-refractivity contribution in [3.63, 3.8) is 0 Å². The number of rotatable bonds is 11. The summed E-state index contributed by atoms with van der Waals surface area (Å²) in [6, 6.07) is 9.72. The molecule has 21 heavy (non-hydrogen) atoms. The lowest BCUT2D eigenvalue weighted by atomic mass is 10.2. The largest absolute Gasteiger partial charge is 0.461 e. The van der Waals surface area contributed by atoms with Crippen LogP contribution >= 0.6 is 0 Å². The summed E-state index contributed by atoms with van der Waals surface area (Å²) in [6.07, 6.45) is 2.25. The molecule has 0 fully saturated rings. The maximum absolute atomic E-state index is 11.8. The van der Waals surface area contributed by atoms with Gasteiger partial charge in [0.25, 0.3) is 0 Å². The van der Waals surface area contributed by atoms with Gasteiger partial charge >= 0.3 is 5.97 Å². The second kappa shape index (κ2) is 11.3. The van der Waals surface area contributed by atoms with E-state index in [1.807, 2.05) is 37.3 Å². The Morgan fingerprint density at radius 3 is 2.71 bits per heavy atom. The van der Waals surface area contributed by atoms with E-state index in [2.05, 4.69) is 12.2 Å². The average Bonchev–Trinajstić information content (AvgIpc) is 2.52. The Labute approximate surface area is 127 Å². The number of carbonyl (C=O) groups excluding carboxylic acids is 1. The lowest BCUT2D eigenvalue weighted by Gasteiger charge is -2.12. The maximum Gasteiger partial charge on any atom is 0.310 e. The highest BCUT2D eigenvalue weighted by molar-refractivity contribution is 5.72. The Kier molecular flexibility index (Phi) is 9.49. The predicted octanol–water partition coefficient (Wildman–Crippen LogP) is 2.77. The second-order valence-electron chi connectivity index (χ2n) is 5.16. The van der Waals surface area contributed by atoms with E-state index in [-0.39, 0.29) is 11.9 Å². The van der Waals surface area contributed by atoms with E-state index < -0.39 is 0 Å². The van der Waals surface area contributed by atoms with Gasteiger partial charge in [-0.3, -0.25) is 4.79 Å². The summed E-state index contributed by atoms with van der Waals surface area (Å²) in [7, 11) is 0. The van der Waals surface area contributed by atoms with Crippen molar-refractivity contribution >= 4 is 5.97 Å². The summed E-state index contributed by atoms with van der Waals surface area (Å²) in [4.78, 5) is 11.8. The molecule has 0 aliphatic carbocycles. The van der Waals surface area contributed by atoms with Gasteiger partial charge < -0.3 is 14.8 Å². The molecule has 0 aliphatic heterocycles. The lowest BCUT2D eigenvalue weighted by molar-refractivity contribution is -0.149. The Morgan fingerprint density at radius 2 is 2.00 bits per heavy atom. The van der Waals surface area contributed by atoms with Gasteiger partial charge in [0.15, 0.2) is 0 Å². The number of carbonyl (C=O) groups is 1.